The molecule has 8 heteroatoms. The second-order valence-electron chi connectivity index (χ2n) is 7.08. The molecule has 150 valence electrons. The van der Waals surface area contributed by atoms with Crippen LogP contribution in [-0.4, -0.2) is 25.6 Å². The number of hydrogen-bond acceptors (Lipinski definition) is 7. The summed E-state index contributed by atoms with van der Waals surface area (Å²) in [7, 11) is 0. The predicted molar refractivity (Wildman–Crippen MR) is 118 cm³/mol. The molecule has 7 nitrogen and oxygen atoms in total. The number of hydrogen-bond donors (Lipinski definition) is 2. The normalized spacial score (nSPS) is 17.5. The average Bonchev–Trinajstić information content (AvgIpc) is 3.28. The number of Topliss-reactive ketones (excluding diaryl/α,β-unsaturated/α-hetero) is 1. The summed E-state index contributed by atoms with van der Waals surface area (Å²) in [6.45, 7) is 5.34. The standard InChI is InChI=1S/C22H20N6OS/c1-12-9-13(2)28-22(25-12)16(11-23)19(27-28)20(26-15-7-5-4-6-8-15)21-17(24)10-18(30-21)14(3)29/h4-10,18,26H,24H2,1-3H3/b21-20-. The van der Waals surface area contributed by atoms with Crippen LogP contribution in [0.15, 0.2) is 53.1 Å². The second kappa shape index (κ2) is 7.69. The van der Waals surface area contributed by atoms with Gasteiger partial charge in [-0.2, -0.15) is 10.4 Å². The summed E-state index contributed by atoms with van der Waals surface area (Å²) >= 11 is 1.36. The van der Waals surface area contributed by atoms with Crippen LogP contribution in [0.5, 0.6) is 0 Å². The number of nitrogens with two attached hydrogens (primary N) is 1. The summed E-state index contributed by atoms with van der Waals surface area (Å²) in [5.41, 5.74) is 11.2. The number of aromatic nitrogens is 3. The van der Waals surface area contributed by atoms with E-state index in [0.717, 1.165) is 17.1 Å². The van der Waals surface area contributed by atoms with Gasteiger partial charge in [0.1, 0.15) is 23.1 Å². The Morgan fingerprint density at radius 2 is 2.03 bits per heavy atom. The Morgan fingerprint density at radius 3 is 2.67 bits per heavy atom. The van der Waals surface area contributed by atoms with Gasteiger partial charge in [-0.1, -0.05) is 18.2 Å². The highest BCUT2D eigenvalue weighted by molar-refractivity contribution is 8.05. The molecule has 2 aromatic heterocycles. The molecule has 1 aliphatic rings. The predicted octanol–water partition coefficient (Wildman–Crippen LogP) is 3.55. The Hall–Kier alpha value is -3.57. The SMILES string of the molecule is CC(=O)C1C=C(N)/C(=C(/Nc2ccccc2)c2nn3c(C)cc(C)nc3c2C#N)S1. The minimum Gasteiger partial charge on any atom is -0.398 e. The van der Waals surface area contributed by atoms with Crippen LogP contribution in [0.2, 0.25) is 0 Å². The number of carbonyl (C=O) groups excluding carboxylic acids is 1. The number of aryl methyl sites for hydroxylation is 2. The zero-order valence-electron chi connectivity index (χ0n) is 16.8. The van der Waals surface area contributed by atoms with Crippen molar-refractivity contribution in [2.75, 3.05) is 5.32 Å². The summed E-state index contributed by atoms with van der Waals surface area (Å²) in [6, 6.07) is 13.7. The van der Waals surface area contributed by atoms with Crippen molar-refractivity contribution in [1.82, 2.24) is 14.6 Å². The van der Waals surface area contributed by atoms with Gasteiger partial charge in [0.15, 0.2) is 5.65 Å². The van der Waals surface area contributed by atoms with Crippen LogP contribution in [0.25, 0.3) is 11.3 Å². The molecule has 0 radical (unpaired) electrons. The first kappa shape index (κ1) is 19.7. The first-order chi connectivity index (χ1) is 14.4. The quantitative estimate of drug-likeness (QED) is 0.669. The fourth-order valence-corrected chi connectivity index (χ4v) is 4.46. The minimum absolute atomic E-state index is 0.0145. The Labute approximate surface area is 178 Å². The average molecular weight is 417 g/mol. The Balaban J connectivity index is 1.97. The van der Waals surface area contributed by atoms with E-state index in [1.807, 2.05) is 50.2 Å². The number of para-hydroxylation sites is 1. The Kier molecular flexibility index (Phi) is 5.06. The fraction of sp³-hybridized carbons (Fsp3) is 0.182. The van der Waals surface area contributed by atoms with Crippen LogP contribution < -0.4 is 11.1 Å². The van der Waals surface area contributed by atoms with Crippen LogP contribution in [0.3, 0.4) is 0 Å². The Morgan fingerprint density at radius 1 is 1.30 bits per heavy atom. The van der Waals surface area contributed by atoms with E-state index in [-0.39, 0.29) is 11.0 Å². The highest BCUT2D eigenvalue weighted by Crippen LogP contribution is 2.41. The van der Waals surface area contributed by atoms with Crippen LogP contribution in [-0.2, 0) is 4.79 Å². The lowest BCUT2D eigenvalue weighted by Crippen LogP contribution is -2.08. The van der Waals surface area contributed by atoms with Gasteiger partial charge in [-0.25, -0.2) is 9.50 Å². The highest BCUT2D eigenvalue weighted by Gasteiger charge is 2.30. The summed E-state index contributed by atoms with van der Waals surface area (Å²) in [5.74, 6) is 0.0145. The molecule has 0 amide bonds. The number of benzene rings is 1. The molecule has 0 saturated carbocycles. The van der Waals surface area contributed by atoms with Crippen LogP contribution in [0, 0.1) is 25.2 Å². The molecule has 0 aliphatic carbocycles. The van der Waals surface area contributed by atoms with Crippen molar-refractivity contribution in [3.8, 4) is 6.07 Å². The van der Waals surface area contributed by atoms with E-state index in [1.165, 1.54) is 18.7 Å². The molecule has 0 fully saturated rings. The lowest BCUT2D eigenvalue weighted by Gasteiger charge is -2.14. The number of anilines is 1. The van der Waals surface area contributed by atoms with Gasteiger partial charge >= 0.3 is 0 Å². The lowest BCUT2D eigenvalue weighted by molar-refractivity contribution is -0.115. The van der Waals surface area contributed by atoms with Crippen LogP contribution >= 0.6 is 11.8 Å². The topological polar surface area (TPSA) is 109 Å². The van der Waals surface area contributed by atoms with Crippen molar-refractivity contribution in [1.29, 1.82) is 5.26 Å². The van der Waals surface area contributed by atoms with Gasteiger partial charge in [-0.3, -0.25) is 4.79 Å². The number of nitrogens with one attached hydrogen (secondary N) is 1. The summed E-state index contributed by atoms with van der Waals surface area (Å²) in [4.78, 5) is 17.2. The van der Waals surface area contributed by atoms with Crippen molar-refractivity contribution in [3.05, 3.63) is 75.7 Å². The molecule has 0 saturated heterocycles. The molecule has 3 N–H and O–H groups in total. The monoisotopic (exact) mass is 416 g/mol. The number of nitrogens with zero attached hydrogens (tertiary/aromatic N) is 4. The molecular formula is C22H20N6OS. The van der Waals surface area contributed by atoms with Crippen molar-refractivity contribution in [2.24, 2.45) is 5.73 Å². The van der Waals surface area contributed by atoms with E-state index < -0.39 is 0 Å². The van der Waals surface area contributed by atoms with Crippen molar-refractivity contribution in [3.63, 3.8) is 0 Å². The maximum absolute atomic E-state index is 12.0. The first-order valence-electron chi connectivity index (χ1n) is 9.37. The van der Waals surface area contributed by atoms with Gasteiger partial charge in [0.05, 0.1) is 15.9 Å². The van der Waals surface area contributed by atoms with Gasteiger partial charge < -0.3 is 11.1 Å². The van der Waals surface area contributed by atoms with Crippen molar-refractivity contribution < 1.29 is 4.79 Å². The van der Waals surface area contributed by atoms with Crippen molar-refractivity contribution in [2.45, 2.75) is 26.0 Å². The molecular weight excluding hydrogens is 396 g/mol. The van der Waals surface area contributed by atoms with Gasteiger partial charge in [0.2, 0.25) is 0 Å². The van der Waals surface area contributed by atoms with Gasteiger partial charge in [0, 0.05) is 22.8 Å². The second-order valence-corrected chi connectivity index (χ2v) is 8.23. The molecule has 30 heavy (non-hydrogen) atoms. The Bertz CT molecular complexity index is 1270. The van der Waals surface area contributed by atoms with E-state index in [1.54, 1.807) is 10.6 Å². The lowest BCUT2D eigenvalue weighted by atomic mass is 10.1. The summed E-state index contributed by atoms with van der Waals surface area (Å²) in [5, 5.41) is 17.7. The maximum atomic E-state index is 12.0. The third kappa shape index (κ3) is 3.44. The molecule has 3 heterocycles. The summed E-state index contributed by atoms with van der Waals surface area (Å²) < 4.78 is 1.66. The molecule has 0 spiro atoms. The van der Waals surface area contributed by atoms with E-state index in [0.29, 0.717) is 33.2 Å². The minimum atomic E-state index is -0.364. The number of thioether (sulfide) groups is 1. The zero-order valence-corrected chi connectivity index (χ0v) is 17.6. The molecule has 1 aliphatic heterocycles. The third-order valence-electron chi connectivity index (χ3n) is 4.75. The smallest absolute Gasteiger partial charge is 0.174 e. The maximum Gasteiger partial charge on any atom is 0.174 e. The number of nitriles is 1. The van der Waals surface area contributed by atoms with Crippen LogP contribution in [0.4, 0.5) is 5.69 Å². The zero-order chi connectivity index (χ0) is 21.4. The van der Waals surface area contributed by atoms with E-state index in [2.05, 4.69) is 16.4 Å². The van der Waals surface area contributed by atoms with Gasteiger partial charge in [-0.05, 0) is 45.0 Å². The first-order valence-corrected chi connectivity index (χ1v) is 10.3. The molecule has 3 aromatic rings. The van der Waals surface area contributed by atoms with E-state index >= 15 is 0 Å². The number of rotatable bonds is 4. The number of carbonyl (C=O) groups is 1. The van der Waals surface area contributed by atoms with Gasteiger partial charge in [-0.15, -0.1) is 11.8 Å². The van der Waals surface area contributed by atoms with E-state index in [4.69, 9.17) is 10.8 Å². The van der Waals surface area contributed by atoms with Crippen molar-refractivity contribution >= 4 is 34.6 Å². The molecule has 4 rings (SSSR count). The summed E-state index contributed by atoms with van der Waals surface area (Å²) in [6.07, 6.45) is 1.74. The number of ketones is 1. The fourth-order valence-electron chi connectivity index (χ4n) is 3.36. The van der Waals surface area contributed by atoms with Crippen LogP contribution in [0.1, 0.15) is 29.6 Å². The third-order valence-corrected chi connectivity index (χ3v) is 6.15. The highest BCUT2D eigenvalue weighted by atomic mass is 32.2. The largest absolute Gasteiger partial charge is 0.398 e. The molecule has 1 aromatic carbocycles. The molecule has 1 unspecified atom stereocenters. The molecule has 1 atom stereocenters. The van der Waals surface area contributed by atoms with Gasteiger partial charge in [0.25, 0.3) is 0 Å². The number of fused-ring (bicyclic) bond motifs is 1. The van der Waals surface area contributed by atoms with E-state index in [9.17, 15) is 10.1 Å². The molecule has 0 bridgehead atoms.